The second-order valence-electron chi connectivity index (χ2n) is 7.91. The normalized spacial score (nSPS) is 12.6. The molecule has 0 fully saturated rings. The summed E-state index contributed by atoms with van der Waals surface area (Å²) in [6, 6.07) is 4.71. The lowest BCUT2D eigenvalue weighted by Gasteiger charge is -2.22. The molecule has 0 aliphatic heterocycles. The highest BCUT2D eigenvalue weighted by Crippen LogP contribution is 2.16. The van der Waals surface area contributed by atoms with Crippen molar-refractivity contribution in [1.29, 1.82) is 0 Å². The average molecular weight is 449 g/mol. The van der Waals surface area contributed by atoms with Gasteiger partial charge in [-0.1, -0.05) is 32.6 Å². The number of hydrogen-bond donors (Lipinski definition) is 2. The lowest BCUT2D eigenvalue weighted by Crippen LogP contribution is -2.51. The summed E-state index contributed by atoms with van der Waals surface area (Å²) in [5.74, 6) is -2.20. The van der Waals surface area contributed by atoms with Crippen LogP contribution in [0.25, 0.3) is 0 Å². The number of rotatable bonds is 11. The number of methoxy groups -OCH3 is 1. The number of amides is 1. The molecule has 9 heteroatoms. The number of ether oxygens (including phenoxy) is 3. The Bertz CT molecular complexity index is 831. The van der Waals surface area contributed by atoms with Crippen LogP contribution in [0.15, 0.2) is 36.4 Å². The zero-order valence-corrected chi connectivity index (χ0v) is 19.2. The van der Waals surface area contributed by atoms with E-state index in [1.807, 2.05) is 13.8 Å². The van der Waals surface area contributed by atoms with Crippen LogP contribution in [0.4, 0.5) is 0 Å². The number of nitrogens with one attached hydrogen (secondary N) is 1. The van der Waals surface area contributed by atoms with Crippen LogP contribution in [0.5, 0.6) is 5.75 Å². The van der Waals surface area contributed by atoms with Crippen molar-refractivity contribution in [3.05, 3.63) is 42.0 Å². The van der Waals surface area contributed by atoms with E-state index in [9.17, 15) is 19.2 Å². The van der Waals surface area contributed by atoms with Gasteiger partial charge in [0, 0.05) is 12.0 Å². The van der Waals surface area contributed by atoms with Gasteiger partial charge in [-0.05, 0) is 37.5 Å². The van der Waals surface area contributed by atoms with Crippen molar-refractivity contribution in [3.8, 4) is 5.75 Å². The topological polar surface area (TPSA) is 134 Å². The minimum absolute atomic E-state index is 0.0176. The number of carbonyl (C=O) groups is 4. The van der Waals surface area contributed by atoms with Crippen molar-refractivity contribution in [2.45, 2.75) is 58.7 Å². The lowest BCUT2D eigenvalue weighted by atomic mass is 10.0. The highest BCUT2D eigenvalue weighted by molar-refractivity contribution is 5.93. The lowest BCUT2D eigenvalue weighted by molar-refractivity contribution is -0.151. The first kappa shape index (κ1) is 26.8. The van der Waals surface area contributed by atoms with Gasteiger partial charge in [0.1, 0.15) is 11.8 Å². The van der Waals surface area contributed by atoms with Crippen LogP contribution in [0.1, 0.15) is 39.7 Å². The first-order valence-electron chi connectivity index (χ1n) is 10.3. The molecule has 0 bridgehead atoms. The fourth-order valence-electron chi connectivity index (χ4n) is 2.57. The van der Waals surface area contributed by atoms with Gasteiger partial charge in [0.05, 0.1) is 25.7 Å². The predicted octanol–water partition coefficient (Wildman–Crippen LogP) is 1.67. The molecule has 0 unspecified atom stereocenters. The molecule has 0 saturated carbocycles. The van der Waals surface area contributed by atoms with Gasteiger partial charge in [-0.25, -0.2) is 9.59 Å². The molecule has 3 N–H and O–H groups in total. The molecule has 176 valence electrons. The van der Waals surface area contributed by atoms with Crippen LogP contribution >= 0.6 is 0 Å². The number of carbonyl (C=O) groups excluding carboxylic acids is 4. The van der Waals surface area contributed by atoms with Crippen molar-refractivity contribution in [2.24, 2.45) is 11.7 Å². The maximum Gasteiger partial charge on any atom is 0.333 e. The molecule has 2 atom stereocenters. The Morgan fingerprint density at radius 2 is 1.66 bits per heavy atom. The fourth-order valence-corrected chi connectivity index (χ4v) is 2.57. The maximum absolute atomic E-state index is 12.5. The molecule has 0 radical (unpaired) electrons. The Morgan fingerprint density at radius 3 is 2.16 bits per heavy atom. The van der Waals surface area contributed by atoms with Crippen molar-refractivity contribution in [1.82, 2.24) is 5.32 Å². The summed E-state index contributed by atoms with van der Waals surface area (Å²) in [7, 11) is 1.20. The highest BCUT2D eigenvalue weighted by atomic mass is 16.5. The van der Waals surface area contributed by atoms with Gasteiger partial charge < -0.3 is 25.3 Å². The summed E-state index contributed by atoms with van der Waals surface area (Å²) in [6.45, 7) is 10.5. The molecule has 0 saturated heterocycles. The first-order valence-corrected chi connectivity index (χ1v) is 10.3. The quantitative estimate of drug-likeness (QED) is 0.297. The molecule has 0 aliphatic carbocycles. The van der Waals surface area contributed by atoms with Crippen LogP contribution in [0, 0.1) is 5.92 Å². The van der Waals surface area contributed by atoms with Gasteiger partial charge >= 0.3 is 17.9 Å². The summed E-state index contributed by atoms with van der Waals surface area (Å²) in [5.41, 5.74) is 6.57. The predicted molar refractivity (Wildman–Crippen MR) is 118 cm³/mol. The summed E-state index contributed by atoms with van der Waals surface area (Å²) < 4.78 is 14.9. The van der Waals surface area contributed by atoms with E-state index in [-0.39, 0.29) is 36.2 Å². The van der Waals surface area contributed by atoms with E-state index in [1.165, 1.54) is 7.11 Å². The minimum Gasteiger partial charge on any atom is -0.466 e. The smallest absolute Gasteiger partial charge is 0.333 e. The zero-order chi connectivity index (χ0) is 24.4. The van der Waals surface area contributed by atoms with E-state index in [2.05, 4.69) is 16.6 Å². The van der Waals surface area contributed by atoms with Gasteiger partial charge in [-0.3, -0.25) is 9.59 Å². The van der Waals surface area contributed by atoms with Crippen molar-refractivity contribution in [2.75, 3.05) is 7.11 Å². The van der Waals surface area contributed by atoms with E-state index >= 15 is 0 Å². The van der Waals surface area contributed by atoms with Gasteiger partial charge in [-0.15, -0.1) is 0 Å². The summed E-state index contributed by atoms with van der Waals surface area (Å²) >= 11 is 0. The third-order valence-corrected chi connectivity index (χ3v) is 4.40. The first-order chi connectivity index (χ1) is 14.9. The second kappa shape index (κ2) is 12.6. The molecular formula is C23H32N2O7. The molecule has 0 aliphatic rings. The molecule has 1 aromatic rings. The number of hydrogen-bond acceptors (Lipinski definition) is 8. The third-order valence-electron chi connectivity index (χ3n) is 4.40. The number of nitrogens with two attached hydrogens (primary N) is 1. The average Bonchev–Trinajstić information content (AvgIpc) is 2.72. The van der Waals surface area contributed by atoms with Gasteiger partial charge in [0.2, 0.25) is 5.91 Å². The fraction of sp³-hybridized carbons (Fsp3) is 0.478. The molecule has 0 heterocycles. The van der Waals surface area contributed by atoms with E-state index in [1.54, 1.807) is 38.1 Å². The molecule has 0 aromatic heterocycles. The minimum atomic E-state index is -0.925. The monoisotopic (exact) mass is 448 g/mol. The second-order valence-corrected chi connectivity index (χ2v) is 7.91. The molecule has 0 spiro atoms. The standard InChI is InChI=1S/C23H32N2O7/c1-13(2)20(24)21(27)25-18(23(29)31-14(3)4)12-16-7-9-17(10-8-16)32-19(26)11-15(5)22(28)30-6/h7-10,13-14,18,20H,5,11-12,24H2,1-4,6H3,(H,25,27)/t18-,20-/m0/s1. The zero-order valence-electron chi connectivity index (χ0n) is 19.2. The SMILES string of the molecule is C=C(CC(=O)Oc1ccc(C[C@H](NC(=O)[C@@H](N)C(C)C)C(=O)OC(C)C)cc1)C(=O)OC. The molecule has 9 nitrogen and oxygen atoms in total. The van der Waals surface area contributed by atoms with Crippen molar-refractivity contribution < 1.29 is 33.4 Å². The van der Waals surface area contributed by atoms with Crippen molar-refractivity contribution in [3.63, 3.8) is 0 Å². The van der Waals surface area contributed by atoms with Gasteiger partial charge in [0.15, 0.2) is 0 Å². The number of benzene rings is 1. The molecule has 1 rings (SSSR count). The number of esters is 3. The van der Waals surface area contributed by atoms with Crippen molar-refractivity contribution >= 4 is 23.8 Å². The van der Waals surface area contributed by atoms with Crippen LogP contribution in [0.3, 0.4) is 0 Å². The van der Waals surface area contributed by atoms with Gasteiger partial charge in [0.25, 0.3) is 0 Å². The van der Waals surface area contributed by atoms with Crippen LogP contribution in [-0.4, -0.2) is 49.1 Å². The van der Waals surface area contributed by atoms with Crippen LogP contribution < -0.4 is 15.8 Å². The Labute approximate surface area is 188 Å². The molecular weight excluding hydrogens is 416 g/mol. The molecule has 1 amide bonds. The molecule has 1 aromatic carbocycles. The summed E-state index contributed by atoms with van der Waals surface area (Å²) in [4.78, 5) is 48.1. The van der Waals surface area contributed by atoms with E-state index in [4.69, 9.17) is 15.2 Å². The summed E-state index contributed by atoms with van der Waals surface area (Å²) in [5, 5.41) is 2.66. The van der Waals surface area contributed by atoms with E-state index < -0.39 is 35.9 Å². The largest absolute Gasteiger partial charge is 0.466 e. The van der Waals surface area contributed by atoms with E-state index in [0.717, 1.165) is 0 Å². The van der Waals surface area contributed by atoms with Gasteiger partial charge in [-0.2, -0.15) is 0 Å². The van der Waals surface area contributed by atoms with Crippen LogP contribution in [0.2, 0.25) is 0 Å². The highest BCUT2D eigenvalue weighted by Gasteiger charge is 2.27. The Kier molecular flexibility index (Phi) is 10.6. The Balaban J connectivity index is 2.84. The Hall–Kier alpha value is -3.20. The van der Waals surface area contributed by atoms with E-state index in [0.29, 0.717) is 5.56 Å². The Morgan fingerprint density at radius 1 is 1.06 bits per heavy atom. The van der Waals surface area contributed by atoms with Crippen LogP contribution in [-0.2, 0) is 35.1 Å². The molecule has 32 heavy (non-hydrogen) atoms. The maximum atomic E-state index is 12.5. The summed E-state index contributed by atoms with van der Waals surface area (Å²) in [6.07, 6.45) is -0.489. The third kappa shape index (κ3) is 8.89.